The van der Waals surface area contributed by atoms with E-state index in [2.05, 4.69) is 5.32 Å². The third-order valence-corrected chi connectivity index (χ3v) is 4.11. The number of phenolic OH excluding ortho intramolecular Hbond substituents is 1. The molecular weight excluding hydrogens is 256 g/mol. The lowest BCUT2D eigenvalue weighted by Gasteiger charge is -2.18. The molecule has 1 fully saturated rings. The monoisotopic (exact) mass is 278 g/mol. The van der Waals surface area contributed by atoms with Gasteiger partial charge in [-0.05, 0) is 43.4 Å². The van der Waals surface area contributed by atoms with Gasteiger partial charge in [-0.25, -0.2) is 0 Å². The lowest BCUT2D eigenvalue weighted by atomic mass is 9.96. The highest BCUT2D eigenvalue weighted by atomic mass is 16.5. The first kappa shape index (κ1) is 14.7. The maximum Gasteiger partial charge on any atom is 0.255 e. The summed E-state index contributed by atoms with van der Waals surface area (Å²) in [6, 6.07) is 4.89. The van der Waals surface area contributed by atoms with E-state index in [0.29, 0.717) is 30.7 Å². The van der Waals surface area contributed by atoms with Gasteiger partial charge in [0.1, 0.15) is 0 Å². The summed E-state index contributed by atoms with van der Waals surface area (Å²) in [5, 5.41) is 12.8. The standard InChI is InChI=1S/C15H22N2O3/c1-20-13-7-3-6-12(14(13)18)15(19)17-9-11-5-2-4-10(11)8-16/h3,6-7,10-11,18H,2,4-5,8-9,16H2,1H3,(H,17,19). The maximum atomic E-state index is 12.1. The number of phenols is 1. The predicted molar refractivity (Wildman–Crippen MR) is 76.9 cm³/mol. The first-order valence-electron chi connectivity index (χ1n) is 7.01. The third kappa shape index (κ3) is 3.04. The lowest BCUT2D eigenvalue weighted by Crippen LogP contribution is -2.32. The van der Waals surface area contributed by atoms with Crippen LogP contribution in [0.2, 0.25) is 0 Å². The molecule has 1 aromatic rings. The average Bonchev–Trinajstić information content (AvgIpc) is 2.92. The van der Waals surface area contributed by atoms with Gasteiger partial charge in [-0.15, -0.1) is 0 Å². The van der Waals surface area contributed by atoms with E-state index in [1.54, 1.807) is 18.2 Å². The van der Waals surface area contributed by atoms with Gasteiger partial charge >= 0.3 is 0 Å². The van der Waals surface area contributed by atoms with Crippen molar-refractivity contribution in [2.24, 2.45) is 17.6 Å². The van der Waals surface area contributed by atoms with Crippen LogP contribution in [0.15, 0.2) is 18.2 Å². The number of hydrogen-bond acceptors (Lipinski definition) is 4. The van der Waals surface area contributed by atoms with Crippen LogP contribution in [0.1, 0.15) is 29.6 Å². The zero-order valence-corrected chi connectivity index (χ0v) is 11.8. The van der Waals surface area contributed by atoms with Gasteiger partial charge in [-0.3, -0.25) is 4.79 Å². The van der Waals surface area contributed by atoms with Gasteiger partial charge < -0.3 is 20.9 Å². The Morgan fingerprint density at radius 2 is 2.20 bits per heavy atom. The van der Waals surface area contributed by atoms with E-state index in [-0.39, 0.29) is 17.2 Å². The number of aromatic hydroxyl groups is 1. The van der Waals surface area contributed by atoms with Gasteiger partial charge in [0, 0.05) is 6.54 Å². The molecule has 2 rings (SSSR count). The highest BCUT2D eigenvalue weighted by molar-refractivity contribution is 5.97. The number of carbonyl (C=O) groups is 1. The van der Waals surface area contributed by atoms with Crippen LogP contribution in [0.25, 0.3) is 0 Å². The molecule has 5 heteroatoms. The number of rotatable bonds is 5. The van der Waals surface area contributed by atoms with Crippen LogP contribution in [0.3, 0.4) is 0 Å². The molecule has 110 valence electrons. The Hall–Kier alpha value is -1.75. The summed E-state index contributed by atoms with van der Waals surface area (Å²) in [5.74, 6) is 0.850. The number of nitrogens with one attached hydrogen (secondary N) is 1. The van der Waals surface area contributed by atoms with Crippen molar-refractivity contribution in [3.05, 3.63) is 23.8 Å². The van der Waals surface area contributed by atoms with Gasteiger partial charge in [0.25, 0.3) is 5.91 Å². The fourth-order valence-corrected chi connectivity index (χ4v) is 2.88. The van der Waals surface area contributed by atoms with Crippen molar-refractivity contribution in [3.8, 4) is 11.5 Å². The molecule has 1 aliphatic carbocycles. The quantitative estimate of drug-likeness (QED) is 0.762. The van der Waals surface area contributed by atoms with E-state index < -0.39 is 0 Å². The molecule has 0 aliphatic heterocycles. The summed E-state index contributed by atoms with van der Waals surface area (Å²) >= 11 is 0. The van der Waals surface area contributed by atoms with Gasteiger partial charge in [-0.1, -0.05) is 12.5 Å². The summed E-state index contributed by atoms with van der Waals surface area (Å²) in [4.78, 5) is 12.1. The Morgan fingerprint density at radius 1 is 1.45 bits per heavy atom. The first-order valence-corrected chi connectivity index (χ1v) is 7.01. The van der Waals surface area contributed by atoms with Crippen LogP contribution in [-0.2, 0) is 0 Å². The molecule has 1 amide bonds. The van der Waals surface area contributed by atoms with E-state index in [9.17, 15) is 9.90 Å². The highest BCUT2D eigenvalue weighted by Crippen LogP contribution is 2.31. The second-order valence-electron chi connectivity index (χ2n) is 5.25. The first-order chi connectivity index (χ1) is 9.67. The van der Waals surface area contributed by atoms with E-state index in [0.717, 1.165) is 12.8 Å². The van der Waals surface area contributed by atoms with Gasteiger partial charge in [0.2, 0.25) is 0 Å². The lowest BCUT2D eigenvalue weighted by molar-refractivity contribution is 0.0941. The average molecular weight is 278 g/mol. The van der Waals surface area contributed by atoms with Crippen molar-refractivity contribution in [1.29, 1.82) is 0 Å². The summed E-state index contributed by atoms with van der Waals surface area (Å²) in [7, 11) is 1.46. The van der Waals surface area contributed by atoms with Crippen LogP contribution in [-0.4, -0.2) is 31.2 Å². The van der Waals surface area contributed by atoms with Crippen molar-refractivity contribution < 1.29 is 14.6 Å². The van der Waals surface area contributed by atoms with Gasteiger partial charge in [0.05, 0.1) is 12.7 Å². The molecule has 0 heterocycles. The molecule has 1 saturated carbocycles. The number of nitrogens with two attached hydrogens (primary N) is 1. The van der Waals surface area contributed by atoms with Crippen LogP contribution in [0, 0.1) is 11.8 Å². The van der Waals surface area contributed by atoms with Crippen molar-refractivity contribution in [1.82, 2.24) is 5.32 Å². The predicted octanol–water partition coefficient (Wildman–Crippen LogP) is 1.51. The molecule has 2 unspecified atom stereocenters. The van der Waals surface area contributed by atoms with Crippen molar-refractivity contribution in [3.63, 3.8) is 0 Å². The smallest absolute Gasteiger partial charge is 0.255 e. The zero-order chi connectivity index (χ0) is 14.5. The number of ether oxygens (including phenoxy) is 1. The normalized spacial score (nSPS) is 21.7. The minimum Gasteiger partial charge on any atom is -0.504 e. The van der Waals surface area contributed by atoms with Crippen molar-refractivity contribution >= 4 is 5.91 Å². The maximum absolute atomic E-state index is 12.1. The summed E-state index contributed by atoms with van der Waals surface area (Å²) < 4.78 is 5.00. The van der Waals surface area contributed by atoms with E-state index in [4.69, 9.17) is 10.5 Å². The van der Waals surface area contributed by atoms with Gasteiger partial charge in [0.15, 0.2) is 11.5 Å². The van der Waals surface area contributed by atoms with Crippen LogP contribution in [0.5, 0.6) is 11.5 Å². The third-order valence-electron chi connectivity index (χ3n) is 4.11. The molecule has 1 aromatic carbocycles. The largest absolute Gasteiger partial charge is 0.504 e. The minimum atomic E-state index is -0.274. The minimum absolute atomic E-state index is 0.116. The molecular formula is C15H22N2O3. The zero-order valence-electron chi connectivity index (χ0n) is 11.8. The van der Waals surface area contributed by atoms with Crippen LogP contribution >= 0.6 is 0 Å². The molecule has 2 atom stereocenters. The topological polar surface area (TPSA) is 84.6 Å². The van der Waals surface area contributed by atoms with Crippen molar-refractivity contribution in [2.75, 3.05) is 20.2 Å². The van der Waals surface area contributed by atoms with E-state index >= 15 is 0 Å². The number of hydrogen-bond donors (Lipinski definition) is 3. The SMILES string of the molecule is COc1cccc(C(=O)NCC2CCCC2CN)c1O. The Labute approximate surface area is 119 Å². The van der Waals surface area contributed by atoms with Crippen LogP contribution in [0.4, 0.5) is 0 Å². The summed E-state index contributed by atoms with van der Waals surface area (Å²) in [6.07, 6.45) is 3.42. The second kappa shape index (κ2) is 6.61. The molecule has 0 bridgehead atoms. The van der Waals surface area contributed by atoms with Gasteiger partial charge in [-0.2, -0.15) is 0 Å². The molecule has 1 aliphatic rings. The summed E-state index contributed by atoms with van der Waals surface area (Å²) in [5.41, 5.74) is 5.98. The fourth-order valence-electron chi connectivity index (χ4n) is 2.88. The Bertz CT molecular complexity index is 476. The molecule has 0 radical (unpaired) electrons. The Kier molecular flexibility index (Phi) is 4.84. The molecule has 5 nitrogen and oxygen atoms in total. The number of methoxy groups -OCH3 is 1. The summed E-state index contributed by atoms with van der Waals surface area (Å²) in [6.45, 7) is 1.28. The molecule has 0 aromatic heterocycles. The molecule has 20 heavy (non-hydrogen) atoms. The number of amides is 1. The Balaban J connectivity index is 1.98. The van der Waals surface area contributed by atoms with Crippen LogP contribution < -0.4 is 15.8 Å². The van der Waals surface area contributed by atoms with E-state index in [1.165, 1.54) is 13.5 Å². The van der Waals surface area contributed by atoms with E-state index in [1.807, 2.05) is 0 Å². The second-order valence-corrected chi connectivity index (χ2v) is 5.25. The molecule has 4 N–H and O–H groups in total. The highest BCUT2D eigenvalue weighted by Gasteiger charge is 2.26. The number of benzene rings is 1. The molecule has 0 saturated heterocycles. The Morgan fingerprint density at radius 3 is 2.90 bits per heavy atom. The fraction of sp³-hybridized carbons (Fsp3) is 0.533. The van der Waals surface area contributed by atoms with Crippen molar-refractivity contribution in [2.45, 2.75) is 19.3 Å². The number of carbonyl (C=O) groups excluding carboxylic acids is 1. The number of para-hydroxylation sites is 1. The molecule has 0 spiro atoms.